The van der Waals surface area contributed by atoms with Gasteiger partial charge in [0, 0.05) is 25.0 Å². The first kappa shape index (κ1) is 10.7. The number of aromatic nitrogens is 3. The molecule has 0 unspecified atom stereocenters. The van der Waals surface area contributed by atoms with Crippen LogP contribution in [0.25, 0.3) is 11.0 Å². The normalized spacial score (nSPS) is 11.1. The molecule has 0 aliphatic rings. The van der Waals surface area contributed by atoms with Gasteiger partial charge in [-0.3, -0.25) is 4.98 Å². The minimum absolute atomic E-state index is 0.564. The molecule has 0 saturated heterocycles. The van der Waals surface area contributed by atoms with Crippen LogP contribution >= 0.6 is 23.2 Å². The Labute approximate surface area is 98.0 Å². The van der Waals surface area contributed by atoms with Crippen molar-refractivity contribution >= 4 is 34.2 Å². The van der Waals surface area contributed by atoms with Crippen LogP contribution in [0, 0.1) is 0 Å². The van der Waals surface area contributed by atoms with Gasteiger partial charge < -0.3 is 4.57 Å². The Hall–Kier alpha value is -0.800. The van der Waals surface area contributed by atoms with Gasteiger partial charge in [0.25, 0.3) is 0 Å². The fourth-order valence-electron chi connectivity index (χ4n) is 1.71. The highest BCUT2D eigenvalue weighted by atomic mass is 35.5. The quantitative estimate of drug-likeness (QED) is 0.777. The van der Waals surface area contributed by atoms with Crippen LogP contribution in [0.2, 0.25) is 5.02 Å². The molecule has 2 rings (SSSR count). The Kier molecular flexibility index (Phi) is 3.12. The van der Waals surface area contributed by atoms with Gasteiger partial charge in [0.05, 0.1) is 16.7 Å². The molecule has 0 saturated carbocycles. The molecular formula is C10H11Cl2N3. The van der Waals surface area contributed by atoms with E-state index in [1.54, 1.807) is 12.4 Å². The van der Waals surface area contributed by atoms with Crippen molar-refractivity contribution in [2.24, 2.45) is 0 Å². The third-order valence-corrected chi connectivity index (χ3v) is 2.78. The summed E-state index contributed by atoms with van der Waals surface area (Å²) in [7, 11) is 0. The second-order valence-corrected chi connectivity index (χ2v) is 3.99. The van der Waals surface area contributed by atoms with Gasteiger partial charge in [-0.2, -0.15) is 0 Å². The molecule has 0 amide bonds. The maximum absolute atomic E-state index is 6.10. The molecule has 0 atom stereocenters. The second kappa shape index (κ2) is 4.37. The molecule has 0 aliphatic heterocycles. The maximum Gasteiger partial charge on any atom is 0.111 e. The van der Waals surface area contributed by atoms with Crippen molar-refractivity contribution in [3.63, 3.8) is 0 Å². The lowest BCUT2D eigenvalue weighted by molar-refractivity contribution is 0.727. The SMILES string of the molecule is CCn1c(CCCl)nc2cncc(Cl)c21. The van der Waals surface area contributed by atoms with Gasteiger partial charge in [-0.25, -0.2) is 4.98 Å². The number of rotatable bonds is 3. The molecule has 80 valence electrons. The number of alkyl halides is 1. The summed E-state index contributed by atoms with van der Waals surface area (Å²) in [4.78, 5) is 8.49. The zero-order valence-electron chi connectivity index (χ0n) is 8.37. The molecule has 3 nitrogen and oxygen atoms in total. The molecule has 0 aromatic carbocycles. The Bertz CT molecular complexity index is 479. The van der Waals surface area contributed by atoms with Crippen molar-refractivity contribution in [1.82, 2.24) is 14.5 Å². The number of hydrogen-bond acceptors (Lipinski definition) is 2. The van der Waals surface area contributed by atoms with Gasteiger partial charge in [0.15, 0.2) is 0 Å². The molecule has 0 fully saturated rings. The smallest absolute Gasteiger partial charge is 0.111 e. The van der Waals surface area contributed by atoms with Crippen LogP contribution in [0.3, 0.4) is 0 Å². The van der Waals surface area contributed by atoms with E-state index in [0.29, 0.717) is 10.9 Å². The Morgan fingerprint density at radius 2 is 2.20 bits per heavy atom. The van der Waals surface area contributed by atoms with E-state index in [2.05, 4.69) is 21.5 Å². The minimum atomic E-state index is 0.564. The van der Waals surface area contributed by atoms with Crippen LogP contribution in [0.1, 0.15) is 12.7 Å². The van der Waals surface area contributed by atoms with Crippen molar-refractivity contribution in [2.45, 2.75) is 19.9 Å². The highest BCUT2D eigenvalue weighted by Gasteiger charge is 2.11. The molecule has 15 heavy (non-hydrogen) atoms. The van der Waals surface area contributed by atoms with Crippen LogP contribution in [0.4, 0.5) is 0 Å². The molecule has 2 heterocycles. The molecule has 0 bridgehead atoms. The molecule has 2 aromatic rings. The van der Waals surface area contributed by atoms with E-state index in [0.717, 1.165) is 29.8 Å². The third kappa shape index (κ3) is 1.82. The van der Waals surface area contributed by atoms with Gasteiger partial charge in [-0.05, 0) is 6.92 Å². The molecule has 0 spiro atoms. The summed E-state index contributed by atoms with van der Waals surface area (Å²) in [5, 5.41) is 0.641. The van der Waals surface area contributed by atoms with Crippen LogP contribution in [0.5, 0.6) is 0 Å². The van der Waals surface area contributed by atoms with Crippen LogP contribution in [0.15, 0.2) is 12.4 Å². The lowest BCUT2D eigenvalue weighted by atomic mass is 10.4. The highest BCUT2D eigenvalue weighted by Crippen LogP contribution is 2.23. The van der Waals surface area contributed by atoms with Crippen LogP contribution < -0.4 is 0 Å². The summed E-state index contributed by atoms with van der Waals surface area (Å²) >= 11 is 11.8. The topological polar surface area (TPSA) is 30.7 Å². The molecule has 0 radical (unpaired) electrons. The molecule has 5 heteroatoms. The first-order chi connectivity index (χ1) is 7.27. The summed E-state index contributed by atoms with van der Waals surface area (Å²) in [5.41, 5.74) is 1.79. The predicted molar refractivity (Wildman–Crippen MR) is 62.6 cm³/mol. The Morgan fingerprint density at radius 1 is 1.40 bits per heavy atom. The van der Waals surface area contributed by atoms with Crippen molar-refractivity contribution in [1.29, 1.82) is 0 Å². The number of pyridine rings is 1. The first-order valence-electron chi connectivity index (χ1n) is 4.82. The first-order valence-corrected chi connectivity index (χ1v) is 5.73. The van der Waals surface area contributed by atoms with Gasteiger partial charge in [0.1, 0.15) is 11.3 Å². The van der Waals surface area contributed by atoms with E-state index >= 15 is 0 Å². The number of nitrogens with zero attached hydrogens (tertiary/aromatic N) is 3. The van der Waals surface area contributed by atoms with E-state index in [9.17, 15) is 0 Å². The number of halogens is 2. The van der Waals surface area contributed by atoms with E-state index in [1.165, 1.54) is 0 Å². The number of aryl methyl sites for hydroxylation is 2. The van der Waals surface area contributed by atoms with Crippen molar-refractivity contribution < 1.29 is 0 Å². The standard InChI is InChI=1S/C10H11Cl2N3/c1-2-15-9(3-4-11)14-8-6-13-5-7(12)10(8)15/h5-6H,2-4H2,1H3. The van der Waals surface area contributed by atoms with Crippen molar-refractivity contribution in [3.8, 4) is 0 Å². The van der Waals surface area contributed by atoms with Gasteiger partial charge in [-0.1, -0.05) is 11.6 Å². The summed E-state index contributed by atoms with van der Waals surface area (Å²) in [6.07, 6.45) is 4.12. The van der Waals surface area contributed by atoms with Crippen molar-refractivity contribution in [2.75, 3.05) is 5.88 Å². The monoisotopic (exact) mass is 243 g/mol. The summed E-state index contributed by atoms with van der Waals surface area (Å²) < 4.78 is 2.09. The van der Waals surface area contributed by atoms with Crippen LogP contribution in [-0.2, 0) is 13.0 Å². The highest BCUT2D eigenvalue weighted by molar-refractivity contribution is 6.34. The predicted octanol–water partition coefficient (Wildman–Crippen LogP) is 2.89. The Balaban J connectivity index is 2.68. The average molecular weight is 244 g/mol. The average Bonchev–Trinajstić information content (AvgIpc) is 2.57. The fourth-order valence-corrected chi connectivity index (χ4v) is 2.14. The molecule has 0 aliphatic carbocycles. The minimum Gasteiger partial charge on any atom is -0.327 e. The summed E-state index contributed by atoms with van der Waals surface area (Å²) in [6, 6.07) is 0. The van der Waals surface area contributed by atoms with Crippen molar-refractivity contribution in [3.05, 3.63) is 23.2 Å². The lowest BCUT2D eigenvalue weighted by Crippen LogP contribution is -2.02. The number of imidazole rings is 1. The second-order valence-electron chi connectivity index (χ2n) is 3.20. The van der Waals surface area contributed by atoms with E-state index in [-0.39, 0.29) is 0 Å². The van der Waals surface area contributed by atoms with E-state index in [1.807, 2.05) is 0 Å². The zero-order valence-corrected chi connectivity index (χ0v) is 9.89. The number of hydrogen-bond donors (Lipinski definition) is 0. The summed E-state index contributed by atoms with van der Waals surface area (Å²) in [6.45, 7) is 2.90. The maximum atomic E-state index is 6.10. The molecular weight excluding hydrogens is 233 g/mol. The number of fused-ring (bicyclic) bond motifs is 1. The fraction of sp³-hybridized carbons (Fsp3) is 0.400. The third-order valence-electron chi connectivity index (χ3n) is 2.32. The van der Waals surface area contributed by atoms with Gasteiger partial charge >= 0.3 is 0 Å². The summed E-state index contributed by atoms with van der Waals surface area (Å²) in [5.74, 6) is 1.53. The van der Waals surface area contributed by atoms with Gasteiger partial charge in [0.2, 0.25) is 0 Å². The zero-order chi connectivity index (χ0) is 10.8. The van der Waals surface area contributed by atoms with Gasteiger partial charge in [-0.15, -0.1) is 11.6 Å². The molecule has 2 aromatic heterocycles. The van der Waals surface area contributed by atoms with E-state index in [4.69, 9.17) is 23.2 Å². The lowest BCUT2D eigenvalue weighted by Gasteiger charge is -2.04. The molecule has 0 N–H and O–H groups in total. The Morgan fingerprint density at radius 3 is 2.87 bits per heavy atom. The van der Waals surface area contributed by atoms with Crippen LogP contribution in [-0.4, -0.2) is 20.4 Å². The largest absolute Gasteiger partial charge is 0.327 e. The van der Waals surface area contributed by atoms with E-state index < -0.39 is 0 Å².